The maximum atomic E-state index is 6.50. The van der Waals surface area contributed by atoms with Crippen LogP contribution in [-0.4, -0.2) is 21.7 Å². The standard InChI is InChI=1S/C3H7O.C2H5.CHN.Al/c1-3(2)4;2*1-2;/h3H,1-2H3;1H2,2H3;1H;/q-1;;;+1. The molecular weight excluding hydrogens is 129 g/mol. The van der Waals surface area contributed by atoms with Crippen molar-refractivity contribution in [2.45, 2.75) is 32.2 Å². The van der Waals surface area contributed by atoms with Crippen LogP contribution in [0.5, 0.6) is 0 Å². The van der Waals surface area contributed by atoms with Gasteiger partial charge in [0, 0.05) is 12.7 Å². The van der Waals surface area contributed by atoms with Crippen molar-refractivity contribution < 1.29 is 3.79 Å². The number of nitriles is 1. The Bertz CT molecular complexity index is 63.3. The molecule has 51 valence electrons. The van der Waals surface area contributed by atoms with Crippen LogP contribution in [0.15, 0.2) is 0 Å². The zero-order valence-corrected chi connectivity index (χ0v) is 7.45. The first-order valence-corrected chi connectivity index (χ1v) is 4.29. The van der Waals surface area contributed by atoms with Gasteiger partial charge in [-0.2, -0.15) is 0 Å². The lowest BCUT2D eigenvalue weighted by atomic mass is 10.5. The predicted octanol–water partition coefficient (Wildman–Crippen LogP) is 1.61. The van der Waals surface area contributed by atoms with E-state index in [1.807, 2.05) is 0 Å². The van der Waals surface area contributed by atoms with Crippen LogP contribution in [0.4, 0.5) is 0 Å². The van der Waals surface area contributed by atoms with E-state index < -0.39 is 0 Å². The highest BCUT2D eigenvalue weighted by Gasteiger charge is 1.91. The molecule has 0 aliphatic heterocycles. The van der Waals surface area contributed by atoms with E-state index in [9.17, 15) is 0 Å². The molecule has 0 saturated heterocycles. The van der Waals surface area contributed by atoms with Crippen LogP contribution < -0.4 is 0 Å². The highest BCUT2D eigenvalue weighted by atomic mass is 27.1. The molecule has 0 aromatic carbocycles. The molecule has 0 N–H and O–H groups in total. The Morgan fingerprint density at radius 1 is 1.56 bits per heavy atom. The quantitative estimate of drug-likeness (QED) is 0.561. The summed E-state index contributed by atoms with van der Waals surface area (Å²) in [4.78, 5) is 0. The van der Waals surface area contributed by atoms with Crippen LogP contribution in [0.3, 0.4) is 0 Å². The Kier molecular flexibility index (Phi) is 14.2. The average Bonchev–Trinajstić information content (AvgIpc) is 1.88. The van der Waals surface area contributed by atoms with Gasteiger partial charge in [-0.1, -0.05) is 12.2 Å². The molecule has 3 heteroatoms. The molecule has 0 bridgehead atoms. The molecule has 0 amide bonds. The summed E-state index contributed by atoms with van der Waals surface area (Å²) in [6.07, 6.45) is 0.440. The molecule has 0 aromatic heterocycles. The molecule has 0 fully saturated rings. The highest BCUT2D eigenvalue weighted by molar-refractivity contribution is 6.26. The van der Waals surface area contributed by atoms with E-state index in [4.69, 9.17) is 9.05 Å². The van der Waals surface area contributed by atoms with Gasteiger partial charge < -0.3 is 3.79 Å². The van der Waals surface area contributed by atoms with E-state index in [1.165, 1.54) is 5.28 Å². The minimum absolute atomic E-state index is 0.285. The lowest BCUT2D eigenvalue weighted by molar-refractivity contribution is 0.256. The fraction of sp³-hybridized carbons (Fsp3) is 0.833. The number of hydrogen-bond acceptors (Lipinski definition) is 2. The van der Waals surface area contributed by atoms with E-state index in [-0.39, 0.29) is 15.6 Å². The smallest absolute Gasteiger partial charge is 0.423 e. The zero-order valence-electron chi connectivity index (χ0n) is 6.29. The molecule has 0 aliphatic carbocycles. The van der Waals surface area contributed by atoms with Crippen molar-refractivity contribution in [1.82, 2.24) is 0 Å². The lowest BCUT2D eigenvalue weighted by Gasteiger charge is -2.03. The maximum Gasteiger partial charge on any atom is 0.423 e. The summed E-state index contributed by atoms with van der Waals surface area (Å²) in [5.41, 5.74) is 0. The topological polar surface area (TPSA) is 33.0 Å². The van der Waals surface area contributed by atoms with E-state index in [0.717, 1.165) is 0 Å². The predicted molar refractivity (Wildman–Crippen MR) is 39.1 cm³/mol. The minimum atomic E-state index is 0.285. The van der Waals surface area contributed by atoms with Crippen LogP contribution in [0, 0.1) is 11.8 Å². The Morgan fingerprint density at radius 3 is 2.11 bits per heavy atom. The van der Waals surface area contributed by atoms with Crippen molar-refractivity contribution >= 4 is 15.6 Å². The average molecular weight is 142 g/mol. The molecule has 0 atom stereocenters. The van der Waals surface area contributed by atoms with Crippen LogP contribution in [0.25, 0.3) is 0 Å². The van der Waals surface area contributed by atoms with Crippen molar-refractivity contribution in [2.24, 2.45) is 0 Å². The van der Waals surface area contributed by atoms with Crippen LogP contribution in [0.2, 0.25) is 5.28 Å². The molecule has 2 nitrogen and oxygen atoms in total. The normalized spacial score (nSPS) is 7.78. The Balaban J connectivity index is 0. The second-order valence-corrected chi connectivity index (χ2v) is 3.18. The van der Waals surface area contributed by atoms with Gasteiger partial charge >= 0.3 is 15.6 Å². The Labute approximate surface area is 63.9 Å². The van der Waals surface area contributed by atoms with Gasteiger partial charge in [0.25, 0.3) is 0 Å². The third-order valence-electron chi connectivity index (χ3n) is 0.535. The first-order chi connectivity index (χ1) is 4.27. The van der Waals surface area contributed by atoms with Gasteiger partial charge in [0.15, 0.2) is 0 Å². The summed E-state index contributed by atoms with van der Waals surface area (Å²) in [7, 11) is 0. The summed E-state index contributed by atoms with van der Waals surface area (Å²) in [5, 5.41) is 7.71. The molecule has 9 heavy (non-hydrogen) atoms. The highest BCUT2D eigenvalue weighted by Crippen LogP contribution is 1.85. The fourth-order valence-corrected chi connectivity index (χ4v) is 0.866. The lowest BCUT2D eigenvalue weighted by Crippen LogP contribution is -2.05. The minimum Gasteiger partial charge on any atom is -0.505 e. The third-order valence-corrected chi connectivity index (χ3v) is 1.61. The van der Waals surface area contributed by atoms with Crippen molar-refractivity contribution in [1.29, 1.82) is 5.26 Å². The van der Waals surface area contributed by atoms with E-state index in [1.54, 1.807) is 0 Å². The monoisotopic (exact) mass is 142 g/mol. The van der Waals surface area contributed by atoms with Gasteiger partial charge in [0.1, 0.15) is 0 Å². The third kappa shape index (κ3) is 18.0. The molecule has 0 unspecified atom stereocenters. The number of rotatable bonds is 3. The zero-order chi connectivity index (χ0) is 7.70. The number of nitrogens with zero attached hydrogens (tertiary/aromatic N) is 1. The van der Waals surface area contributed by atoms with Crippen molar-refractivity contribution in [2.75, 3.05) is 0 Å². The van der Waals surface area contributed by atoms with Gasteiger partial charge in [0.2, 0.25) is 0 Å². The van der Waals surface area contributed by atoms with Gasteiger partial charge in [-0.25, -0.2) is 5.26 Å². The van der Waals surface area contributed by atoms with Gasteiger partial charge in [-0.15, -0.1) is 0 Å². The molecule has 0 spiro atoms. The first kappa shape index (κ1) is 11.7. The SMILES string of the molecule is C#N.C[CH2][Al][O]C(C)C. The molecule has 0 rings (SSSR count). The van der Waals surface area contributed by atoms with E-state index >= 15 is 0 Å². The fourth-order valence-electron chi connectivity index (χ4n) is 0.289. The van der Waals surface area contributed by atoms with Crippen LogP contribution >= 0.6 is 0 Å². The summed E-state index contributed by atoms with van der Waals surface area (Å²) in [5.74, 6) is 0. The van der Waals surface area contributed by atoms with E-state index in [2.05, 4.69) is 27.3 Å². The Morgan fingerprint density at radius 2 is 2.00 bits per heavy atom. The van der Waals surface area contributed by atoms with Crippen molar-refractivity contribution in [3.8, 4) is 6.57 Å². The Hall–Kier alpha value is -0.0175. The summed E-state index contributed by atoms with van der Waals surface area (Å²) in [6.45, 7) is 9.79. The molecule has 0 saturated carbocycles. The molecule has 0 heterocycles. The summed E-state index contributed by atoms with van der Waals surface area (Å²) >= 11 is 0.285. The van der Waals surface area contributed by atoms with Crippen LogP contribution in [-0.2, 0) is 3.79 Å². The van der Waals surface area contributed by atoms with Crippen LogP contribution in [0.1, 0.15) is 20.8 Å². The molecule has 0 aromatic rings. The van der Waals surface area contributed by atoms with Gasteiger partial charge in [0.05, 0.1) is 0 Å². The van der Waals surface area contributed by atoms with Gasteiger partial charge in [-0.3, -0.25) is 0 Å². The molecule has 1 radical (unpaired) electrons. The molecular formula is C6H13AlNO. The second kappa shape index (κ2) is 10.9. The van der Waals surface area contributed by atoms with Gasteiger partial charge in [-0.05, 0) is 13.8 Å². The second-order valence-electron chi connectivity index (χ2n) is 1.76. The summed E-state index contributed by atoms with van der Waals surface area (Å²) in [6, 6.07) is 0. The van der Waals surface area contributed by atoms with Crippen molar-refractivity contribution in [3.63, 3.8) is 0 Å². The maximum absolute atomic E-state index is 6.50. The van der Waals surface area contributed by atoms with E-state index in [0.29, 0.717) is 6.10 Å². The largest absolute Gasteiger partial charge is 0.505 e. The number of hydrogen-bond donors (Lipinski definition) is 0. The molecule has 0 aliphatic rings. The first-order valence-electron chi connectivity index (χ1n) is 3.00. The summed E-state index contributed by atoms with van der Waals surface area (Å²) < 4.78 is 5.27. The van der Waals surface area contributed by atoms with Crippen molar-refractivity contribution in [3.05, 3.63) is 0 Å².